The van der Waals surface area contributed by atoms with Crippen LogP contribution in [0.2, 0.25) is 0 Å². The Hall–Kier alpha value is -7.68. The summed E-state index contributed by atoms with van der Waals surface area (Å²) in [6, 6.07) is 80.6. The van der Waals surface area contributed by atoms with Crippen LogP contribution < -0.4 is 4.90 Å². The highest BCUT2D eigenvalue weighted by atomic mass is 16.3. The molecule has 10 aromatic carbocycles. The Labute approximate surface area is 337 Å². The Morgan fingerprint density at radius 1 is 0.293 bits per heavy atom. The quantitative estimate of drug-likeness (QED) is 0.162. The maximum atomic E-state index is 6.54. The fourth-order valence-electron chi connectivity index (χ4n) is 8.51. The molecule has 11 aromatic rings. The molecule has 0 atom stereocenters. The van der Waals surface area contributed by atoms with E-state index in [9.17, 15) is 0 Å². The Balaban J connectivity index is 0.991. The summed E-state index contributed by atoms with van der Waals surface area (Å²) < 4.78 is 6.54. The second-order valence-electron chi connectivity index (χ2n) is 14.9. The van der Waals surface area contributed by atoms with E-state index >= 15 is 0 Å². The van der Waals surface area contributed by atoms with E-state index < -0.39 is 0 Å². The van der Waals surface area contributed by atoms with Crippen LogP contribution in [-0.2, 0) is 0 Å². The minimum Gasteiger partial charge on any atom is -0.455 e. The van der Waals surface area contributed by atoms with E-state index in [2.05, 4.69) is 229 Å². The average molecular weight is 740 g/mol. The summed E-state index contributed by atoms with van der Waals surface area (Å²) in [6.07, 6.45) is 0. The van der Waals surface area contributed by atoms with Crippen molar-refractivity contribution in [2.45, 2.75) is 0 Å². The molecule has 272 valence electrons. The summed E-state index contributed by atoms with van der Waals surface area (Å²) in [5, 5.41) is 7.07. The lowest BCUT2D eigenvalue weighted by Crippen LogP contribution is -2.10. The lowest BCUT2D eigenvalue weighted by Gasteiger charge is -2.26. The van der Waals surface area contributed by atoms with Crippen LogP contribution in [0.3, 0.4) is 0 Å². The van der Waals surface area contributed by atoms with Gasteiger partial charge in [-0.3, -0.25) is 0 Å². The molecule has 11 rings (SSSR count). The standard InChI is InChI=1S/C56H37NO/c1-2-10-38(11-3-1)40-20-22-41(23-21-40)42-26-31-48(32-27-42)57(50-16-8-15-46(37-50)47-25-24-39-12-4-5-14-45(39)36-47)49-33-28-44(29-34-49)51-18-9-19-54-55(51)53-35-30-43-13-6-7-17-52(43)56(53)58-54/h1-37H. The first-order chi connectivity index (χ1) is 28.7. The van der Waals surface area contributed by atoms with Crippen molar-refractivity contribution in [3.8, 4) is 44.5 Å². The molecule has 58 heavy (non-hydrogen) atoms. The maximum absolute atomic E-state index is 6.54. The lowest BCUT2D eigenvalue weighted by atomic mass is 9.97. The van der Waals surface area contributed by atoms with Gasteiger partial charge in [-0.2, -0.15) is 0 Å². The van der Waals surface area contributed by atoms with Gasteiger partial charge < -0.3 is 9.32 Å². The minimum atomic E-state index is 0.898. The summed E-state index contributed by atoms with van der Waals surface area (Å²) >= 11 is 0. The number of benzene rings is 10. The van der Waals surface area contributed by atoms with E-state index in [1.54, 1.807) is 0 Å². The van der Waals surface area contributed by atoms with Gasteiger partial charge in [-0.05, 0) is 115 Å². The highest BCUT2D eigenvalue weighted by molar-refractivity contribution is 6.19. The van der Waals surface area contributed by atoms with Gasteiger partial charge in [-0.25, -0.2) is 0 Å². The van der Waals surface area contributed by atoms with Crippen molar-refractivity contribution in [1.82, 2.24) is 0 Å². The first-order valence-electron chi connectivity index (χ1n) is 19.8. The molecule has 0 amide bonds. The number of rotatable bonds is 7. The molecule has 0 saturated carbocycles. The third-order valence-corrected chi connectivity index (χ3v) is 11.5. The van der Waals surface area contributed by atoms with Crippen molar-refractivity contribution >= 4 is 60.5 Å². The molecule has 1 aromatic heterocycles. The molecule has 0 N–H and O–H groups in total. The van der Waals surface area contributed by atoms with Crippen molar-refractivity contribution in [3.63, 3.8) is 0 Å². The zero-order valence-electron chi connectivity index (χ0n) is 31.7. The molecular formula is C56H37NO. The summed E-state index contributed by atoms with van der Waals surface area (Å²) in [5.41, 5.74) is 14.6. The zero-order valence-corrected chi connectivity index (χ0v) is 31.7. The fourth-order valence-corrected chi connectivity index (χ4v) is 8.51. The van der Waals surface area contributed by atoms with E-state index in [1.165, 1.54) is 49.5 Å². The van der Waals surface area contributed by atoms with E-state index in [0.717, 1.165) is 55.5 Å². The molecule has 0 saturated heterocycles. The largest absolute Gasteiger partial charge is 0.455 e. The highest BCUT2D eigenvalue weighted by Gasteiger charge is 2.17. The summed E-state index contributed by atoms with van der Waals surface area (Å²) in [7, 11) is 0. The maximum Gasteiger partial charge on any atom is 0.143 e. The van der Waals surface area contributed by atoms with Crippen molar-refractivity contribution in [1.29, 1.82) is 0 Å². The molecule has 0 unspecified atom stereocenters. The van der Waals surface area contributed by atoms with Crippen LogP contribution in [0.4, 0.5) is 17.1 Å². The van der Waals surface area contributed by atoms with Gasteiger partial charge in [0.15, 0.2) is 0 Å². The lowest BCUT2D eigenvalue weighted by molar-refractivity contribution is 0.673. The summed E-state index contributed by atoms with van der Waals surface area (Å²) in [5.74, 6) is 0. The third-order valence-electron chi connectivity index (χ3n) is 11.5. The molecule has 0 bridgehead atoms. The van der Waals surface area contributed by atoms with Crippen LogP contribution in [0.5, 0.6) is 0 Å². The molecule has 2 nitrogen and oxygen atoms in total. The Bertz CT molecular complexity index is 3250. The van der Waals surface area contributed by atoms with Crippen LogP contribution in [-0.4, -0.2) is 0 Å². The smallest absolute Gasteiger partial charge is 0.143 e. The Morgan fingerprint density at radius 3 is 1.57 bits per heavy atom. The van der Waals surface area contributed by atoms with Gasteiger partial charge in [-0.1, -0.05) is 170 Å². The molecule has 0 spiro atoms. The van der Waals surface area contributed by atoms with Crippen molar-refractivity contribution in [2.24, 2.45) is 0 Å². The van der Waals surface area contributed by atoms with Crippen molar-refractivity contribution in [3.05, 3.63) is 224 Å². The first-order valence-corrected chi connectivity index (χ1v) is 19.8. The van der Waals surface area contributed by atoms with Gasteiger partial charge in [0.1, 0.15) is 11.2 Å². The second-order valence-corrected chi connectivity index (χ2v) is 14.9. The van der Waals surface area contributed by atoms with Crippen molar-refractivity contribution in [2.75, 3.05) is 4.90 Å². The summed E-state index contributed by atoms with van der Waals surface area (Å²) in [4.78, 5) is 2.36. The number of fused-ring (bicyclic) bond motifs is 6. The normalized spacial score (nSPS) is 11.4. The molecule has 0 aliphatic rings. The van der Waals surface area contributed by atoms with E-state index in [-0.39, 0.29) is 0 Å². The molecule has 2 heteroatoms. The van der Waals surface area contributed by atoms with Gasteiger partial charge >= 0.3 is 0 Å². The molecule has 0 aliphatic carbocycles. The number of hydrogen-bond donors (Lipinski definition) is 0. The average Bonchev–Trinajstić information content (AvgIpc) is 3.70. The van der Waals surface area contributed by atoms with Gasteiger partial charge in [0, 0.05) is 33.2 Å². The predicted octanol–water partition coefficient (Wildman–Crippen LogP) is 16.0. The van der Waals surface area contributed by atoms with Gasteiger partial charge in [0.25, 0.3) is 0 Å². The van der Waals surface area contributed by atoms with Crippen molar-refractivity contribution < 1.29 is 4.42 Å². The number of anilines is 3. The zero-order chi connectivity index (χ0) is 38.4. The van der Waals surface area contributed by atoms with Gasteiger partial charge in [-0.15, -0.1) is 0 Å². The van der Waals surface area contributed by atoms with Crippen LogP contribution in [0.1, 0.15) is 0 Å². The Morgan fingerprint density at radius 2 is 0.828 bits per heavy atom. The van der Waals surface area contributed by atoms with Gasteiger partial charge in [0.05, 0.1) is 0 Å². The minimum absolute atomic E-state index is 0.898. The number of hydrogen-bond acceptors (Lipinski definition) is 2. The van der Waals surface area contributed by atoms with E-state index in [4.69, 9.17) is 4.42 Å². The molecule has 0 fully saturated rings. The van der Waals surface area contributed by atoms with Crippen LogP contribution in [0.15, 0.2) is 229 Å². The van der Waals surface area contributed by atoms with E-state index in [1.807, 2.05) is 0 Å². The SMILES string of the molecule is c1ccc(-c2ccc(-c3ccc(N(c4ccc(-c5cccc6oc7c8ccccc8ccc7c56)cc4)c4cccc(-c5ccc6ccccc6c5)c4)cc3)cc2)cc1. The first kappa shape index (κ1) is 33.6. The number of nitrogens with zero attached hydrogens (tertiary/aromatic N) is 1. The predicted molar refractivity (Wildman–Crippen MR) is 245 cm³/mol. The van der Waals surface area contributed by atoms with Crippen LogP contribution in [0.25, 0.3) is 88.0 Å². The molecule has 1 heterocycles. The number of furan rings is 1. The topological polar surface area (TPSA) is 16.4 Å². The Kier molecular flexibility index (Phi) is 8.19. The van der Waals surface area contributed by atoms with Gasteiger partial charge in [0.2, 0.25) is 0 Å². The summed E-state index contributed by atoms with van der Waals surface area (Å²) in [6.45, 7) is 0. The monoisotopic (exact) mass is 739 g/mol. The van der Waals surface area contributed by atoms with E-state index in [0.29, 0.717) is 0 Å². The molecule has 0 radical (unpaired) electrons. The van der Waals surface area contributed by atoms with Crippen LogP contribution in [0, 0.1) is 0 Å². The van der Waals surface area contributed by atoms with Crippen LogP contribution >= 0.6 is 0 Å². The second kappa shape index (κ2) is 14.1. The third kappa shape index (κ3) is 6.00. The molecular weight excluding hydrogens is 703 g/mol. The fraction of sp³-hybridized carbons (Fsp3) is 0. The highest BCUT2D eigenvalue weighted by Crippen LogP contribution is 2.42. The molecule has 0 aliphatic heterocycles.